The van der Waals surface area contributed by atoms with Crippen LogP contribution in [0.15, 0.2) is 23.3 Å². The molecule has 0 spiro atoms. The van der Waals surface area contributed by atoms with E-state index in [1.165, 1.54) is 11.0 Å². The van der Waals surface area contributed by atoms with Crippen LogP contribution in [-0.2, 0) is 9.53 Å². The smallest absolute Gasteiger partial charge is 0.414 e. The minimum absolute atomic E-state index is 0.0305. The fourth-order valence-electron chi connectivity index (χ4n) is 2.84. The van der Waals surface area contributed by atoms with E-state index in [1.807, 2.05) is 0 Å². The number of carbonyl (C=O) groups is 2. The third kappa shape index (κ3) is 3.43. The largest absolute Gasteiger partial charge is 0.444 e. The summed E-state index contributed by atoms with van der Waals surface area (Å²) in [5.74, 6) is -0.583. The van der Waals surface area contributed by atoms with Crippen LogP contribution in [0, 0.1) is 5.82 Å². The lowest BCUT2D eigenvalue weighted by molar-refractivity contribution is -0.129. The second-order valence-corrected chi connectivity index (χ2v) is 5.90. The highest BCUT2D eigenvalue weighted by molar-refractivity contribution is 5.90. The van der Waals surface area contributed by atoms with E-state index in [1.54, 1.807) is 29.0 Å². The second kappa shape index (κ2) is 6.86. The van der Waals surface area contributed by atoms with Gasteiger partial charge in [0.15, 0.2) is 0 Å². The van der Waals surface area contributed by atoms with Crippen molar-refractivity contribution >= 4 is 23.4 Å². The summed E-state index contributed by atoms with van der Waals surface area (Å²) < 4.78 is 19.6. The third-order valence-electron chi connectivity index (χ3n) is 4.26. The predicted octanol–water partition coefficient (Wildman–Crippen LogP) is 1.74. The summed E-state index contributed by atoms with van der Waals surface area (Å²) in [5.41, 5.74) is 9.00. The van der Waals surface area contributed by atoms with Crippen LogP contribution in [0.2, 0.25) is 0 Å². The van der Waals surface area contributed by atoms with Gasteiger partial charge in [0.2, 0.25) is 5.91 Å². The Labute approximate surface area is 143 Å². The number of anilines is 2. The molecule has 1 aromatic rings. The number of likely N-dealkylation sites (N-methyl/N-ethyl adjacent to an activating group) is 1. The molecule has 25 heavy (non-hydrogen) atoms. The molecule has 1 aromatic carbocycles. The monoisotopic (exact) mass is 348 g/mol. The van der Waals surface area contributed by atoms with E-state index in [4.69, 9.17) is 10.3 Å². The minimum Gasteiger partial charge on any atom is -0.444 e. The Morgan fingerprint density at radius 2 is 2.20 bits per heavy atom. The highest BCUT2D eigenvalue weighted by Gasteiger charge is 2.32. The predicted molar refractivity (Wildman–Crippen MR) is 87.9 cm³/mol. The van der Waals surface area contributed by atoms with Crippen LogP contribution < -0.4 is 9.80 Å². The zero-order chi connectivity index (χ0) is 18.0. The number of benzene rings is 1. The van der Waals surface area contributed by atoms with E-state index >= 15 is 0 Å². The average molecular weight is 348 g/mol. The van der Waals surface area contributed by atoms with Gasteiger partial charge < -0.3 is 14.5 Å². The molecule has 10 heteroatoms. The molecule has 1 atom stereocenters. The van der Waals surface area contributed by atoms with Crippen LogP contribution in [0.4, 0.5) is 20.6 Å². The maximum atomic E-state index is 14.5. The maximum absolute atomic E-state index is 14.5. The fraction of sp³-hybridized carbons (Fsp3) is 0.467. The molecule has 2 fully saturated rings. The van der Waals surface area contributed by atoms with E-state index in [0.29, 0.717) is 24.5 Å². The number of hydrogen-bond acceptors (Lipinski definition) is 5. The van der Waals surface area contributed by atoms with Gasteiger partial charge in [0.1, 0.15) is 11.9 Å². The summed E-state index contributed by atoms with van der Waals surface area (Å²) in [7, 11) is 1.71. The van der Waals surface area contributed by atoms with Crippen molar-refractivity contribution in [3.63, 3.8) is 0 Å². The van der Waals surface area contributed by atoms with Crippen molar-refractivity contribution < 1.29 is 18.7 Å². The van der Waals surface area contributed by atoms with Crippen LogP contribution in [-0.4, -0.2) is 62.8 Å². The maximum Gasteiger partial charge on any atom is 0.414 e. The molecule has 9 nitrogen and oxygen atoms in total. The van der Waals surface area contributed by atoms with Gasteiger partial charge in [-0.15, -0.1) is 0 Å². The van der Waals surface area contributed by atoms with Gasteiger partial charge >= 0.3 is 6.09 Å². The van der Waals surface area contributed by atoms with Crippen molar-refractivity contribution in [3.05, 3.63) is 34.5 Å². The Bertz CT molecular complexity index is 751. The molecule has 0 aliphatic carbocycles. The van der Waals surface area contributed by atoms with E-state index in [2.05, 4.69) is 10.0 Å². The first kappa shape index (κ1) is 16.8. The number of nitrogens with zero attached hydrogens (tertiary/aromatic N) is 6. The van der Waals surface area contributed by atoms with Crippen molar-refractivity contribution in [2.24, 2.45) is 5.11 Å². The molecule has 2 amide bonds. The van der Waals surface area contributed by atoms with Gasteiger partial charge in [-0.05, 0) is 23.7 Å². The molecular weight excluding hydrogens is 331 g/mol. The number of carbonyl (C=O) groups excluding carboxylic acids is 2. The Balaban J connectivity index is 1.75. The third-order valence-corrected chi connectivity index (χ3v) is 4.26. The zero-order valence-corrected chi connectivity index (χ0v) is 13.6. The number of amides is 2. The Hall–Kier alpha value is -3.00. The lowest BCUT2D eigenvalue weighted by Crippen LogP contribution is -2.48. The first-order chi connectivity index (χ1) is 12.0. The number of azide groups is 1. The molecule has 2 aliphatic heterocycles. The normalized spacial score (nSPS) is 20.6. The molecule has 3 rings (SSSR count). The summed E-state index contributed by atoms with van der Waals surface area (Å²) in [4.78, 5) is 30.9. The molecule has 2 aliphatic rings. The van der Waals surface area contributed by atoms with E-state index in [9.17, 15) is 14.0 Å². The van der Waals surface area contributed by atoms with Gasteiger partial charge in [0.25, 0.3) is 0 Å². The van der Waals surface area contributed by atoms with E-state index < -0.39 is 18.0 Å². The fourth-order valence-corrected chi connectivity index (χ4v) is 2.84. The first-order valence-electron chi connectivity index (χ1n) is 7.77. The average Bonchev–Trinajstić information content (AvgIpc) is 2.96. The highest BCUT2D eigenvalue weighted by atomic mass is 19.1. The molecule has 2 saturated heterocycles. The summed E-state index contributed by atoms with van der Waals surface area (Å²) >= 11 is 0. The van der Waals surface area contributed by atoms with Crippen LogP contribution in [0.1, 0.15) is 0 Å². The summed E-state index contributed by atoms with van der Waals surface area (Å²) in [6.45, 7) is 1.40. The quantitative estimate of drug-likeness (QED) is 0.470. The molecule has 0 unspecified atom stereocenters. The lowest BCUT2D eigenvalue weighted by atomic mass is 10.2. The number of rotatable bonds is 4. The highest BCUT2D eigenvalue weighted by Crippen LogP contribution is 2.28. The van der Waals surface area contributed by atoms with Crippen LogP contribution >= 0.6 is 0 Å². The van der Waals surface area contributed by atoms with E-state index in [0.717, 1.165) is 0 Å². The van der Waals surface area contributed by atoms with Crippen molar-refractivity contribution in [3.8, 4) is 0 Å². The van der Waals surface area contributed by atoms with Gasteiger partial charge in [-0.3, -0.25) is 9.69 Å². The van der Waals surface area contributed by atoms with Gasteiger partial charge in [-0.2, -0.15) is 0 Å². The van der Waals surface area contributed by atoms with Gasteiger partial charge in [0, 0.05) is 25.0 Å². The molecule has 0 saturated carbocycles. The first-order valence-corrected chi connectivity index (χ1v) is 7.77. The molecule has 0 bridgehead atoms. The van der Waals surface area contributed by atoms with E-state index in [-0.39, 0.29) is 25.5 Å². The molecule has 0 aromatic heterocycles. The molecular formula is C15H17FN6O3. The van der Waals surface area contributed by atoms with Crippen LogP contribution in [0.5, 0.6) is 0 Å². The SMILES string of the molecule is CN1CCN(c2ccc(N3C[C@H](CN=[N+]=[N-])OC3=O)cc2F)CC1=O. The van der Waals surface area contributed by atoms with Crippen molar-refractivity contribution in [1.29, 1.82) is 0 Å². The molecule has 0 radical (unpaired) electrons. The number of ether oxygens (including phenoxy) is 1. The zero-order valence-electron chi connectivity index (χ0n) is 13.6. The molecule has 0 N–H and O–H groups in total. The standard InChI is InChI=1S/C15H17FN6O3/c1-20-4-5-21(9-14(20)23)13-3-2-10(6-12(13)16)22-8-11(7-18-19-17)25-15(22)24/h2-3,6,11H,4-5,7-9H2,1H3/t11-/m0/s1. The molecule has 132 valence electrons. The summed E-state index contributed by atoms with van der Waals surface area (Å²) in [6, 6.07) is 4.41. The van der Waals surface area contributed by atoms with Gasteiger partial charge in [-0.25, -0.2) is 9.18 Å². The summed E-state index contributed by atoms with van der Waals surface area (Å²) in [6.07, 6.45) is -1.17. The Morgan fingerprint density at radius 1 is 1.40 bits per heavy atom. The number of hydrogen-bond donors (Lipinski definition) is 0. The van der Waals surface area contributed by atoms with Crippen molar-refractivity contribution in [2.75, 3.05) is 49.6 Å². The topological polar surface area (TPSA) is 102 Å². The Kier molecular flexibility index (Phi) is 4.62. The summed E-state index contributed by atoms with van der Waals surface area (Å²) in [5, 5.41) is 3.38. The van der Waals surface area contributed by atoms with Gasteiger partial charge in [-0.1, -0.05) is 5.11 Å². The van der Waals surface area contributed by atoms with Crippen molar-refractivity contribution in [2.45, 2.75) is 6.10 Å². The van der Waals surface area contributed by atoms with Crippen LogP contribution in [0.25, 0.3) is 10.4 Å². The van der Waals surface area contributed by atoms with Crippen molar-refractivity contribution in [1.82, 2.24) is 4.90 Å². The number of piperazine rings is 1. The second-order valence-electron chi connectivity index (χ2n) is 5.90. The Morgan fingerprint density at radius 3 is 2.88 bits per heavy atom. The number of halogens is 1. The van der Waals surface area contributed by atoms with Crippen LogP contribution in [0.3, 0.4) is 0 Å². The lowest BCUT2D eigenvalue weighted by Gasteiger charge is -2.33. The number of cyclic esters (lactones) is 1. The molecule has 2 heterocycles. The van der Waals surface area contributed by atoms with Gasteiger partial charge in [0.05, 0.1) is 31.0 Å². The minimum atomic E-state index is -0.611.